The smallest absolute Gasteiger partial charge is 0.321 e. The summed E-state index contributed by atoms with van der Waals surface area (Å²) in [6.45, 7) is 12.0. The molecule has 1 heterocycles. The first kappa shape index (κ1) is 17.1. The lowest BCUT2D eigenvalue weighted by Gasteiger charge is -2.27. The van der Waals surface area contributed by atoms with Crippen molar-refractivity contribution >= 4 is 9.28 Å². The van der Waals surface area contributed by atoms with Gasteiger partial charge in [0.05, 0.1) is 0 Å². The molecule has 1 aliphatic heterocycles. The number of rotatable bonds is 11. The molecule has 0 aromatic rings. The number of unbranched alkanes of at least 4 members (excludes halogenated alkanes) is 1. The van der Waals surface area contributed by atoms with E-state index < -0.39 is 9.28 Å². The molecule has 0 aromatic heterocycles. The molecule has 4 nitrogen and oxygen atoms in total. The van der Waals surface area contributed by atoms with E-state index in [-0.39, 0.29) is 0 Å². The van der Waals surface area contributed by atoms with Gasteiger partial charge in [0.15, 0.2) is 0 Å². The molecule has 1 saturated heterocycles. The second-order valence-electron chi connectivity index (χ2n) is 5.26. The molecule has 0 amide bonds. The van der Waals surface area contributed by atoms with Crippen LogP contribution in [0.25, 0.3) is 0 Å². The van der Waals surface area contributed by atoms with Gasteiger partial charge in [-0.25, -0.2) is 0 Å². The number of hydrogen-bond acceptors (Lipinski definition) is 4. The Bertz CT molecular complexity index is 194. The van der Waals surface area contributed by atoms with Crippen LogP contribution in [-0.4, -0.2) is 60.1 Å². The van der Waals surface area contributed by atoms with Crippen LogP contribution in [0.15, 0.2) is 0 Å². The second kappa shape index (κ2) is 11.8. The van der Waals surface area contributed by atoms with Gasteiger partial charge < -0.3 is 19.1 Å². The van der Waals surface area contributed by atoms with Crippen molar-refractivity contribution in [2.75, 3.05) is 45.9 Å². The fourth-order valence-electron chi connectivity index (χ4n) is 2.29. The Morgan fingerprint density at radius 1 is 1.00 bits per heavy atom. The topological polar surface area (TPSA) is 33.7 Å². The Kier molecular flexibility index (Phi) is 10.7. The van der Waals surface area contributed by atoms with E-state index in [1.54, 1.807) is 0 Å². The van der Waals surface area contributed by atoms with Crippen molar-refractivity contribution in [2.45, 2.75) is 45.6 Å². The molecule has 5 heteroatoms. The third-order valence-electron chi connectivity index (χ3n) is 3.39. The van der Waals surface area contributed by atoms with E-state index in [0.717, 1.165) is 39.1 Å². The van der Waals surface area contributed by atoms with Crippen LogP contribution in [0.5, 0.6) is 0 Å². The number of piperazine rings is 1. The van der Waals surface area contributed by atoms with Crippen molar-refractivity contribution in [1.29, 1.82) is 0 Å². The standard InChI is InChI=1S/C14H32N2O2Si/c1-3-12-17-19(18-13-4-2)14-6-5-9-16-10-7-15-8-11-16/h15,19H,3-14H2,1-2H3. The summed E-state index contributed by atoms with van der Waals surface area (Å²) in [6.07, 6.45) is 4.74. The highest BCUT2D eigenvalue weighted by Crippen LogP contribution is 2.07. The Labute approximate surface area is 120 Å². The first-order valence-corrected chi connectivity index (χ1v) is 9.79. The van der Waals surface area contributed by atoms with Crippen molar-refractivity contribution in [3.8, 4) is 0 Å². The third kappa shape index (κ3) is 8.76. The largest absolute Gasteiger partial charge is 0.397 e. The molecule has 1 aliphatic rings. The highest BCUT2D eigenvalue weighted by Gasteiger charge is 2.13. The van der Waals surface area contributed by atoms with Gasteiger partial charge in [0, 0.05) is 39.4 Å². The zero-order valence-electron chi connectivity index (χ0n) is 12.8. The van der Waals surface area contributed by atoms with E-state index in [4.69, 9.17) is 8.85 Å². The zero-order valence-corrected chi connectivity index (χ0v) is 14.0. The quantitative estimate of drug-likeness (QED) is 0.464. The molecule has 0 atom stereocenters. The van der Waals surface area contributed by atoms with Gasteiger partial charge in [0.25, 0.3) is 0 Å². The summed E-state index contributed by atoms with van der Waals surface area (Å²) in [7, 11) is -1.37. The summed E-state index contributed by atoms with van der Waals surface area (Å²) in [4.78, 5) is 2.56. The average molecular weight is 289 g/mol. The Balaban J connectivity index is 2.04. The van der Waals surface area contributed by atoms with Crippen LogP contribution in [-0.2, 0) is 8.85 Å². The highest BCUT2D eigenvalue weighted by atomic mass is 28.3. The molecular formula is C14H32N2O2Si. The first-order chi connectivity index (χ1) is 9.36. The maximum Gasteiger partial charge on any atom is 0.321 e. The predicted octanol–water partition coefficient (Wildman–Crippen LogP) is 1.75. The van der Waals surface area contributed by atoms with Crippen molar-refractivity contribution in [3.05, 3.63) is 0 Å². The van der Waals surface area contributed by atoms with Crippen molar-refractivity contribution in [2.24, 2.45) is 0 Å². The molecule has 0 spiro atoms. The van der Waals surface area contributed by atoms with Gasteiger partial charge in [0.1, 0.15) is 0 Å². The lowest BCUT2D eigenvalue weighted by molar-refractivity contribution is 0.194. The van der Waals surface area contributed by atoms with Gasteiger partial charge in [-0.2, -0.15) is 0 Å². The average Bonchev–Trinajstić information content (AvgIpc) is 2.46. The van der Waals surface area contributed by atoms with Crippen molar-refractivity contribution in [3.63, 3.8) is 0 Å². The summed E-state index contributed by atoms with van der Waals surface area (Å²) in [5.41, 5.74) is 0. The Hall–Kier alpha value is 0.0569. The molecule has 1 fully saturated rings. The van der Waals surface area contributed by atoms with Crippen LogP contribution in [0.4, 0.5) is 0 Å². The first-order valence-electron chi connectivity index (χ1n) is 8.03. The lowest BCUT2D eigenvalue weighted by Crippen LogP contribution is -2.43. The predicted molar refractivity (Wildman–Crippen MR) is 83.0 cm³/mol. The van der Waals surface area contributed by atoms with E-state index in [1.807, 2.05) is 0 Å². The van der Waals surface area contributed by atoms with E-state index in [2.05, 4.69) is 24.1 Å². The summed E-state index contributed by atoms with van der Waals surface area (Å²) in [5, 5.41) is 3.39. The van der Waals surface area contributed by atoms with Gasteiger partial charge in [-0.05, 0) is 31.9 Å². The lowest BCUT2D eigenvalue weighted by atomic mass is 10.3. The second-order valence-corrected chi connectivity index (χ2v) is 7.36. The molecule has 0 aromatic carbocycles. The molecule has 19 heavy (non-hydrogen) atoms. The molecule has 114 valence electrons. The fourth-order valence-corrected chi connectivity index (χ4v) is 4.34. The van der Waals surface area contributed by atoms with E-state index in [0.29, 0.717) is 0 Å². The fraction of sp³-hybridized carbons (Fsp3) is 1.00. The van der Waals surface area contributed by atoms with Crippen molar-refractivity contribution in [1.82, 2.24) is 10.2 Å². The van der Waals surface area contributed by atoms with Crippen LogP contribution in [0.1, 0.15) is 39.5 Å². The molecular weight excluding hydrogens is 256 g/mol. The highest BCUT2D eigenvalue weighted by molar-refractivity contribution is 6.44. The minimum Gasteiger partial charge on any atom is -0.397 e. The summed E-state index contributed by atoms with van der Waals surface area (Å²) in [6, 6.07) is 1.17. The van der Waals surface area contributed by atoms with Gasteiger partial charge in [0.2, 0.25) is 0 Å². The van der Waals surface area contributed by atoms with E-state index in [9.17, 15) is 0 Å². The normalized spacial score (nSPS) is 17.2. The van der Waals surface area contributed by atoms with E-state index in [1.165, 1.54) is 38.5 Å². The van der Waals surface area contributed by atoms with Crippen LogP contribution in [0.2, 0.25) is 6.04 Å². The van der Waals surface area contributed by atoms with Crippen LogP contribution in [0, 0.1) is 0 Å². The molecule has 1 N–H and O–H groups in total. The summed E-state index contributed by atoms with van der Waals surface area (Å²) in [5.74, 6) is 0. The minimum atomic E-state index is -1.37. The van der Waals surface area contributed by atoms with Gasteiger partial charge in [-0.1, -0.05) is 20.3 Å². The molecule has 0 saturated carbocycles. The van der Waals surface area contributed by atoms with E-state index >= 15 is 0 Å². The summed E-state index contributed by atoms with van der Waals surface area (Å²) < 4.78 is 11.8. The SMILES string of the molecule is CCCO[SiH](CCCCN1CCNCC1)OCCC. The van der Waals surface area contributed by atoms with Crippen LogP contribution >= 0.6 is 0 Å². The van der Waals surface area contributed by atoms with Crippen LogP contribution in [0.3, 0.4) is 0 Å². The maximum atomic E-state index is 5.88. The van der Waals surface area contributed by atoms with Gasteiger partial charge >= 0.3 is 9.28 Å². The van der Waals surface area contributed by atoms with Crippen molar-refractivity contribution < 1.29 is 8.85 Å². The summed E-state index contributed by atoms with van der Waals surface area (Å²) >= 11 is 0. The molecule has 1 rings (SSSR count). The maximum absolute atomic E-state index is 5.88. The Morgan fingerprint density at radius 3 is 2.21 bits per heavy atom. The molecule has 0 radical (unpaired) electrons. The molecule has 0 unspecified atom stereocenters. The minimum absolute atomic E-state index is 0.873. The molecule has 0 aliphatic carbocycles. The number of nitrogens with one attached hydrogen (secondary N) is 1. The monoisotopic (exact) mass is 288 g/mol. The number of nitrogens with zero attached hydrogens (tertiary/aromatic N) is 1. The third-order valence-corrected chi connectivity index (χ3v) is 5.48. The van der Waals surface area contributed by atoms with Gasteiger partial charge in [-0.15, -0.1) is 0 Å². The van der Waals surface area contributed by atoms with Gasteiger partial charge in [-0.3, -0.25) is 0 Å². The number of hydrogen-bond donors (Lipinski definition) is 1. The molecule has 0 bridgehead atoms. The van der Waals surface area contributed by atoms with Crippen LogP contribution < -0.4 is 5.32 Å². The zero-order chi connectivity index (χ0) is 13.8. The Morgan fingerprint density at radius 2 is 1.63 bits per heavy atom.